The normalized spacial score (nSPS) is 11.9. The highest BCUT2D eigenvalue weighted by Crippen LogP contribution is 2.20. The molecule has 27 heavy (non-hydrogen) atoms. The van der Waals surface area contributed by atoms with E-state index in [0.29, 0.717) is 22.5 Å². The van der Waals surface area contributed by atoms with Crippen LogP contribution < -0.4 is 4.74 Å². The number of hydrogen-bond acceptors (Lipinski definition) is 5. The largest absolute Gasteiger partial charge is 0.481 e. The average Bonchev–Trinajstić information content (AvgIpc) is 3.09. The van der Waals surface area contributed by atoms with Gasteiger partial charge in [-0.3, -0.25) is 4.79 Å². The first-order chi connectivity index (χ1) is 12.9. The van der Waals surface area contributed by atoms with Crippen LogP contribution in [0.1, 0.15) is 18.4 Å². The number of carbonyl (C=O) groups excluding carboxylic acids is 1. The van der Waals surface area contributed by atoms with E-state index in [2.05, 4.69) is 10.1 Å². The number of ether oxygens (including phenoxy) is 1. The molecule has 7 heteroatoms. The molecule has 0 spiro atoms. The monoisotopic (exact) mass is 385 g/mol. The van der Waals surface area contributed by atoms with Crippen molar-refractivity contribution in [2.75, 3.05) is 7.05 Å². The minimum absolute atomic E-state index is 0.195. The van der Waals surface area contributed by atoms with Crippen molar-refractivity contribution >= 4 is 17.5 Å². The number of nitrogens with zero attached hydrogens (tertiary/aromatic N) is 3. The van der Waals surface area contributed by atoms with Gasteiger partial charge in [0, 0.05) is 17.6 Å². The SMILES string of the molecule is Cc1cccc(-c2noc(CN(C)C(=O)C(C)Oc3cccc(Cl)c3)n2)c1. The minimum atomic E-state index is -0.673. The number of carbonyl (C=O) groups is 1. The summed E-state index contributed by atoms with van der Waals surface area (Å²) in [5, 5.41) is 4.54. The van der Waals surface area contributed by atoms with Gasteiger partial charge in [-0.05, 0) is 38.1 Å². The Kier molecular flexibility index (Phi) is 5.76. The summed E-state index contributed by atoms with van der Waals surface area (Å²) >= 11 is 5.94. The molecule has 6 nitrogen and oxygen atoms in total. The molecular formula is C20H20ClN3O3. The maximum absolute atomic E-state index is 12.5. The first-order valence-electron chi connectivity index (χ1n) is 8.49. The van der Waals surface area contributed by atoms with Gasteiger partial charge in [-0.2, -0.15) is 4.98 Å². The first kappa shape index (κ1) is 18.9. The lowest BCUT2D eigenvalue weighted by Crippen LogP contribution is -2.37. The van der Waals surface area contributed by atoms with E-state index in [-0.39, 0.29) is 12.5 Å². The third-order valence-electron chi connectivity index (χ3n) is 3.95. The van der Waals surface area contributed by atoms with E-state index in [1.54, 1.807) is 38.2 Å². The summed E-state index contributed by atoms with van der Waals surface area (Å²) in [6, 6.07) is 14.8. The molecule has 1 heterocycles. The summed E-state index contributed by atoms with van der Waals surface area (Å²) in [6.45, 7) is 3.88. The Labute approximate surface area is 162 Å². The second kappa shape index (κ2) is 8.22. The average molecular weight is 386 g/mol. The topological polar surface area (TPSA) is 68.5 Å². The molecule has 140 valence electrons. The van der Waals surface area contributed by atoms with Gasteiger partial charge < -0.3 is 14.2 Å². The quantitative estimate of drug-likeness (QED) is 0.638. The van der Waals surface area contributed by atoms with Crippen LogP contribution in [0, 0.1) is 6.92 Å². The van der Waals surface area contributed by atoms with Crippen LogP contribution in [-0.4, -0.2) is 34.1 Å². The lowest BCUT2D eigenvalue weighted by molar-refractivity contribution is -0.137. The van der Waals surface area contributed by atoms with Crippen LogP contribution >= 0.6 is 11.6 Å². The molecule has 0 fully saturated rings. The van der Waals surface area contributed by atoms with Crippen LogP contribution in [-0.2, 0) is 11.3 Å². The first-order valence-corrected chi connectivity index (χ1v) is 8.87. The fraction of sp³-hybridized carbons (Fsp3) is 0.250. The van der Waals surface area contributed by atoms with Crippen molar-refractivity contribution in [3.63, 3.8) is 0 Å². The third kappa shape index (κ3) is 4.86. The molecule has 3 aromatic rings. The van der Waals surface area contributed by atoms with Crippen molar-refractivity contribution in [1.29, 1.82) is 0 Å². The van der Waals surface area contributed by atoms with E-state index in [1.807, 2.05) is 31.2 Å². The summed E-state index contributed by atoms with van der Waals surface area (Å²) in [5.74, 6) is 1.19. The highest BCUT2D eigenvalue weighted by molar-refractivity contribution is 6.30. The summed E-state index contributed by atoms with van der Waals surface area (Å²) in [5.41, 5.74) is 1.98. The molecule has 3 rings (SSSR count). The Morgan fingerprint density at radius 3 is 2.78 bits per heavy atom. The number of benzene rings is 2. The van der Waals surface area contributed by atoms with Crippen molar-refractivity contribution in [2.45, 2.75) is 26.5 Å². The van der Waals surface area contributed by atoms with Crippen LogP contribution in [0.25, 0.3) is 11.4 Å². The maximum atomic E-state index is 12.5. The number of aromatic nitrogens is 2. The molecule has 0 saturated carbocycles. The van der Waals surface area contributed by atoms with Crippen molar-refractivity contribution in [3.05, 3.63) is 65.0 Å². The van der Waals surface area contributed by atoms with E-state index in [0.717, 1.165) is 11.1 Å². The highest BCUT2D eigenvalue weighted by atomic mass is 35.5. The van der Waals surface area contributed by atoms with Gasteiger partial charge in [0.25, 0.3) is 5.91 Å². The standard InChI is InChI=1S/C20H20ClN3O3/c1-13-6-4-7-15(10-13)19-22-18(27-23-19)12-24(3)20(25)14(2)26-17-9-5-8-16(21)11-17/h4-11,14H,12H2,1-3H3. The fourth-order valence-electron chi connectivity index (χ4n) is 2.61. The second-order valence-corrected chi connectivity index (χ2v) is 6.73. The van der Waals surface area contributed by atoms with Crippen LogP contribution in [0.15, 0.2) is 53.1 Å². The number of likely N-dealkylation sites (N-methyl/N-ethyl adjacent to an activating group) is 1. The second-order valence-electron chi connectivity index (χ2n) is 6.29. The molecule has 0 aliphatic heterocycles. The van der Waals surface area contributed by atoms with E-state index in [1.165, 1.54) is 4.90 Å². The highest BCUT2D eigenvalue weighted by Gasteiger charge is 2.21. The Hall–Kier alpha value is -2.86. The van der Waals surface area contributed by atoms with Crippen LogP contribution in [0.3, 0.4) is 0 Å². The molecule has 2 aromatic carbocycles. The summed E-state index contributed by atoms with van der Waals surface area (Å²) in [6.07, 6.45) is -0.673. The number of aryl methyl sites for hydroxylation is 1. The lowest BCUT2D eigenvalue weighted by atomic mass is 10.1. The van der Waals surface area contributed by atoms with Gasteiger partial charge >= 0.3 is 0 Å². The maximum Gasteiger partial charge on any atom is 0.263 e. The summed E-state index contributed by atoms with van der Waals surface area (Å²) in [7, 11) is 1.66. The molecule has 0 saturated heterocycles. The molecule has 1 amide bonds. The van der Waals surface area contributed by atoms with Gasteiger partial charge in [-0.25, -0.2) is 0 Å². The van der Waals surface area contributed by atoms with Gasteiger partial charge in [0.2, 0.25) is 11.7 Å². The molecule has 0 aliphatic rings. The van der Waals surface area contributed by atoms with Gasteiger partial charge in [0.1, 0.15) is 5.75 Å². The molecular weight excluding hydrogens is 366 g/mol. The Balaban J connectivity index is 1.62. The van der Waals surface area contributed by atoms with Crippen LogP contribution in [0.5, 0.6) is 5.75 Å². The Bertz CT molecular complexity index is 941. The molecule has 0 bridgehead atoms. The lowest BCUT2D eigenvalue weighted by Gasteiger charge is -2.20. The zero-order chi connectivity index (χ0) is 19.4. The van der Waals surface area contributed by atoms with Gasteiger partial charge in [0.15, 0.2) is 6.10 Å². The summed E-state index contributed by atoms with van der Waals surface area (Å²) in [4.78, 5) is 18.4. The van der Waals surface area contributed by atoms with Gasteiger partial charge in [-0.15, -0.1) is 0 Å². The van der Waals surface area contributed by atoms with E-state index >= 15 is 0 Å². The molecule has 1 atom stereocenters. The van der Waals surface area contributed by atoms with E-state index in [9.17, 15) is 4.79 Å². The molecule has 0 radical (unpaired) electrons. The smallest absolute Gasteiger partial charge is 0.263 e. The van der Waals surface area contributed by atoms with Crippen LogP contribution in [0.2, 0.25) is 5.02 Å². The van der Waals surface area contributed by atoms with Crippen LogP contribution in [0.4, 0.5) is 0 Å². The number of amides is 1. The number of hydrogen-bond donors (Lipinski definition) is 0. The van der Waals surface area contributed by atoms with E-state index < -0.39 is 6.10 Å². The van der Waals surface area contributed by atoms with Gasteiger partial charge in [0.05, 0.1) is 6.54 Å². The Morgan fingerprint density at radius 1 is 1.26 bits per heavy atom. The summed E-state index contributed by atoms with van der Waals surface area (Å²) < 4.78 is 10.9. The predicted molar refractivity (Wildman–Crippen MR) is 102 cm³/mol. The van der Waals surface area contributed by atoms with Crippen molar-refractivity contribution < 1.29 is 14.1 Å². The van der Waals surface area contributed by atoms with Crippen molar-refractivity contribution in [1.82, 2.24) is 15.0 Å². The number of rotatable bonds is 6. The third-order valence-corrected chi connectivity index (χ3v) is 4.18. The number of halogens is 1. The molecule has 0 aliphatic carbocycles. The zero-order valence-corrected chi connectivity index (χ0v) is 16.1. The predicted octanol–water partition coefficient (Wildman–Crippen LogP) is 4.12. The van der Waals surface area contributed by atoms with E-state index in [4.69, 9.17) is 20.9 Å². The molecule has 1 unspecified atom stereocenters. The van der Waals surface area contributed by atoms with Crippen molar-refractivity contribution in [3.8, 4) is 17.1 Å². The molecule has 1 aromatic heterocycles. The molecule has 0 N–H and O–H groups in total. The zero-order valence-electron chi connectivity index (χ0n) is 15.3. The van der Waals surface area contributed by atoms with Crippen molar-refractivity contribution in [2.24, 2.45) is 0 Å². The Morgan fingerprint density at radius 2 is 2.04 bits per heavy atom. The fourth-order valence-corrected chi connectivity index (χ4v) is 2.79. The van der Waals surface area contributed by atoms with Gasteiger partial charge in [-0.1, -0.05) is 46.6 Å². The minimum Gasteiger partial charge on any atom is -0.481 e.